The Balaban J connectivity index is 1.75. The van der Waals surface area contributed by atoms with Gasteiger partial charge in [0.25, 0.3) is 17.9 Å². The molecule has 0 spiro atoms. The van der Waals surface area contributed by atoms with Crippen LogP contribution in [0.3, 0.4) is 0 Å². The van der Waals surface area contributed by atoms with Gasteiger partial charge in [-0.15, -0.1) is 0 Å². The number of alkyl halides is 4. The fourth-order valence-electron chi connectivity index (χ4n) is 3.17. The molecule has 4 heterocycles. The summed E-state index contributed by atoms with van der Waals surface area (Å²) in [6, 6.07) is 1.37. The molecule has 0 aliphatic carbocycles. The van der Waals surface area contributed by atoms with Crippen LogP contribution in [0.5, 0.6) is 0 Å². The molecule has 0 amide bonds. The first kappa shape index (κ1) is 19.1. The lowest BCUT2D eigenvalue weighted by molar-refractivity contribution is -0.123. The van der Waals surface area contributed by atoms with Gasteiger partial charge in [0.05, 0.1) is 24.3 Å². The number of aromatic amines is 2. The molecule has 2 N–H and O–H groups in total. The molecule has 1 atom stereocenters. The molecule has 29 heavy (non-hydrogen) atoms. The minimum absolute atomic E-state index is 0.0120. The third kappa shape index (κ3) is 3.60. The number of nitrogens with one attached hydrogen (secondary N) is 2. The average molecular weight is 414 g/mol. The maximum Gasteiger partial charge on any atom is 0.325 e. The molecule has 0 aromatic carbocycles. The SMILES string of the molecule is O=c1[nH]cc(-c2cc(N3CC(OCC(F)F)C(F)(F)C3)c3nccn3n2)c(=O)[nH]1. The monoisotopic (exact) mass is 414 g/mol. The predicted octanol–water partition coefficient (Wildman–Crippen LogP) is 0.878. The van der Waals surface area contributed by atoms with Gasteiger partial charge < -0.3 is 14.6 Å². The van der Waals surface area contributed by atoms with E-state index < -0.39 is 42.9 Å². The number of imidazole rings is 1. The van der Waals surface area contributed by atoms with Crippen LogP contribution in [0.4, 0.5) is 23.2 Å². The maximum absolute atomic E-state index is 14.3. The van der Waals surface area contributed by atoms with Gasteiger partial charge in [0, 0.05) is 18.6 Å². The molecule has 3 aromatic rings. The van der Waals surface area contributed by atoms with Crippen LogP contribution in [0.15, 0.2) is 34.2 Å². The van der Waals surface area contributed by atoms with Crippen molar-refractivity contribution in [3.63, 3.8) is 0 Å². The van der Waals surface area contributed by atoms with E-state index in [4.69, 9.17) is 4.74 Å². The van der Waals surface area contributed by atoms with Crippen molar-refractivity contribution in [1.29, 1.82) is 0 Å². The third-order valence-corrected chi connectivity index (χ3v) is 4.46. The predicted molar refractivity (Wildman–Crippen MR) is 92.6 cm³/mol. The second-order valence-corrected chi connectivity index (χ2v) is 6.45. The van der Waals surface area contributed by atoms with E-state index in [-0.39, 0.29) is 29.1 Å². The number of fused-ring (bicyclic) bond motifs is 1. The number of anilines is 1. The molecule has 0 radical (unpaired) electrons. The van der Waals surface area contributed by atoms with Crippen LogP contribution >= 0.6 is 0 Å². The molecule has 154 valence electrons. The number of nitrogens with zero attached hydrogens (tertiary/aromatic N) is 4. The smallest absolute Gasteiger partial charge is 0.325 e. The Labute approximate surface area is 158 Å². The van der Waals surface area contributed by atoms with Crippen molar-refractivity contribution in [2.45, 2.75) is 18.5 Å². The highest BCUT2D eigenvalue weighted by Crippen LogP contribution is 2.35. The van der Waals surface area contributed by atoms with E-state index in [9.17, 15) is 27.2 Å². The largest absolute Gasteiger partial charge is 0.364 e. The molecule has 0 bridgehead atoms. The van der Waals surface area contributed by atoms with E-state index in [1.165, 1.54) is 27.9 Å². The topological polar surface area (TPSA) is 108 Å². The lowest BCUT2D eigenvalue weighted by atomic mass is 10.2. The van der Waals surface area contributed by atoms with Crippen molar-refractivity contribution in [1.82, 2.24) is 24.6 Å². The normalized spacial score (nSPS) is 18.8. The summed E-state index contributed by atoms with van der Waals surface area (Å²) >= 11 is 0. The molecule has 1 fully saturated rings. The van der Waals surface area contributed by atoms with Crippen LogP contribution in [0, 0.1) is 0 Å². The Morgan fingerprint density at radius 2 is 2.14 bits per heavy atom. The summed E-state index contributed by atoms with van der Waals surface area (Å²) in [5.41, 5.74) is -0.855. The van der Waals surface area contributed by atoms with Crippen molar-refractivity contribution in [3.8, 4) is 11.3 Å². The second kappa shape index (κ2) is 6.99. The first-order valence-corrected chi connectivity index (χ1v) is 8.44. The average Bonchev–Trinajstić information content (AvgIpc) is 3.22. The summed E-state index contributed by atoms with van der Waals surface area (Å²) in [7, 11) is 0. The molecule has 1 aliphatic heterocycles. The van der Waals surface area contributed by atoms with E-state index in [1.807, 2.05) is 0 Å². The molecule has 1 unspecified atom stereocenters. The maximum atomic E-state index is 14.3. The number of hydrogen-bond donors (Lipinski definition) is 2. The van der Waals surface area contributed by atoms with E-state index in [2.05, 4.69) is 20.1 Å². The number of rotatable bonds is 5. The Bertz CT molecular complexity index is 1160. The lowest BCUT2D eigenvalue weighted by Gasteiger charge is -2.19. The van der Waals surface area contributed by atoms with Crippen LogP contribution < -0.4 is 16.1 Å². The van der Waals surface area contributed by atoms with Gasteiger partial charge in [-0.2, -0.15) is 5.10 Å². The van der Waals surface area contributed by atoms with Gasteiger partial charge in [0.15, 0.2) is 5.65 Å². The van der Waals surface area contributed by atoms with Crippen LogP contribution in [0.1, 0.15) is 0 Å². The zero-order chi connectivity index (χ0) is 20.8. The van der Waals surface area contributed by atoms with Crippen molar-refractivity contribution in [2.24, 2.45) is 0 Å². The summed E-state index contributed by atoms with van der Waals surface area (Å²) in [6.07, 6.45) is -0.575. The summed E-state index contributed by atoms with van der Waals surface area (Å²) < 4.78 is 59.3. The lowest BCUT2D eigenvalue weighted by Crippen LogP contribution is -2.35. The number of H-pyrrole nitrogens is 2. The van der Waals surface area contributed by atoms with Crippen molar-refractivity contribution in [3.05, 3.63) is 45.5 Å². The molecule has 0 saturated carbocycles. The third-order valence-electron chi connectivity index (χ3n) is 4.46. The Kier molecular flexibility index (Phi) is 4.61. The molecule has 3 aromatic heterocycles. The summed E-state index contributed by atoms with van der Waals surface area (Å²) in [4.78, 5) is 33.0. The van der Waals surface area contributed by atoms with E-state index >= 15 is 0 Å². The minimum Gasteiger partial charge on any atom is -0.364 e. The fourth-order valence-corrected chi connectivity index (χ4v) is 3.17. The van der Waals surface area contributed by atoms with Crippen LogP contribution in [-0.2, 0) is 4.74 Å². The number of aromatic nitrogens is 5. The van der Waals surface area contributed by atoms with Gasteiger partial charge in [-0.1, -0.05) is 0 Å². The summed E-state index contributed by atoms with van der Waals surface area (Å²) in [5.74, 6) is -3.36. The van der Waals surface area contributed by atoms with Gasteiger partial charge in [-0.3, -0.25) is 9.78 Å². The van der Waals surface area contributed by atoms with E-state index in [0.717, 1.165) is 6.20 Å². The minimum atomic E-state index is -3.36. The van der Waals surface area contributed by atoms with Gasteiger partial charge in [0.2, 0.25) is 0 Å². The first-order valence-electron chi connectivity index (χ1n) is 8.44. The van der Waals surface area contributed by atoms with E-state index in [0.29, 0.717) is 0 Å². The second-order valence-electron chi connectivity index (χ2n) is 6.45. The highest BCUT2D eigenvalue weighted by atomic mass is 19.3. The summed E-state index contributed by atoms with van der Waals surface area (Å²) in [6.45, 7) is -2.23. The highest BCUT2D eigenvalue weighted by Gasteiger charge is 2.50. The Morgan fingerprint density at radius 3 is 2.86 bits per heavy atom. The van der Waals surface area contributed by atoms with Crippen molar-refractivity contribution >= 4 is 11.3 Å². The van der Waals surface area contributed by atoms with Crippen molar-refractivity contribution < 1.29 is 22.3 Å². The molecule has 4 rings (SSSR count). The van der Waals surface area contributed by atoms with Gasteiger partial charge >= 0.3 is 5.69 Å². The van der Waals surface area contributed by atoms with E-state index in [1.54, 1.807) is 0 Å². The van der Waals surface area contributed by atoms with Gasteiger partial charge in [0.1, 0.15) is 18.4 Å². The number of halogens is 4. The molecule has 9 nitrogen and oxygen atoms in total. The molecule has 1 aliphatic rings. The standard InChI is InChI=1S/C16H14F4N6O3/c17-12(18)6-29-11-5-25(7-16(11,19)20)10-3-9(24-26-2-1-21-13(10)26)8-4-22-15(28)23-14(8)27/h1-4,11-12H,5-7H2,(H2,22,23,27,28). The zero-order valence-corrected chi connectivity index (χ0v) is 14.6. The Hall–Kier alpha value is -3.22. The molecule has 1 saturated heterocycles. The summed E-state index contributed by atoms with van der Waals surface area (Å²) in [5, 5.41) is 4.21. The molecular weight excluding hydrogens is 400 g/mol. The Morgan fingerprint density at radius 1 is 1.34 bits per heavy atom. The van der Waals surface area contributed by atoms with Crippen molar-refractivity contribution in [2.75, 3.05) is 24.6 Å². The van der Waals surface area contributed by atoms with Crippen LogP contribution in [-0.4, -0.2) is 62.7 Å². The molecular formula is C16H14F4N6O3. The highest BCUT2D eigenvalue weighted by molar-refractivity contribution is 5.74. The zero-order valence-electron chi connectivity index (χ0n) is 14.6. The number of hydrogen-bond acceptors (Lipinski definition) is 6. The molecule has 13 heteroatoms. The van der Waals surface area contributed by atoms with Gasteiger partial charge in [-0.25, -0.2) is 31.9 Å². The quantitative estimate of drug-likeness (QED) is 0.600. The number of ether oxygens (including phenoxy) is 1. The fraction of sp³-hybridized carbons (Fsp3) is 0.375. The first-order chi connectivity index (χ1) is 13.7. The van der Waals surface area contributed by atoms with Crippen LogP contribution in [0.2, 0.25) is 0 Å². The van der Waals surface area contributed by atoms with Crippen LogP contribution in [0.25, 0.3) is 16.9 Å². The van der Waals surface area contributed by atoms with Gasteiger partial charge in [-0.05, 0) is 6.07 Å².